The Bertz CT molecular complexity index is 366. The Labute approximate surface area is 117 Å². The summed E-state index contributed by atoms with van der Waals surface area (Å²) < 4.78 is 5.21. The van der Waals surface area contributed by atoms with Crippen molar-refractivity contribution in [2.45, 2.75) is 18.2 Å². The molecule has 0 bridgehead atoms. The zero-order chi connectivity index (χ0) is 14.0. The van der Waals surface area contributed by atoms with E-state index in [0.717, 1.165) is 18.8 Å². The molecule has 2 fully saturated rings. The highest BCUT2D eigenvalue weighted by Crippen LogP contribution is 2.23. The summed E-state index contributed by atoms with van der Waals surface area (Å²) in [6.45, 7) is 4.03. The highest BCUT2D eigenvalue weighted by molar-refractivity contribution is 7.99. The number of urea groups is 1. The van der Waals surface area contributed by atoms with Gasteiger partial charge in [0.1, 0.15) is 5.92 Å². The number of thioether (sulfide) groups is 1. The van der Waals surface area contributed by atoms with Crippen LogP contribution in [0, 0.1) is 5.92 Å². The van der Waals surface area contributed by atoms with Crippen molar-refractivity contribution in [2.24, 2.45) is 5.92 Å². The molecular weight excluding hydrogens is 268 g/mol. The van der Waals surface area contributed by atoms with Crippen LogP contribution < -0.4 is 0 Å². The van der Waals surface area contributed by atoms with Crippen LogP contribution in [0.1, 0.15) is 6.92 Å². The van der Waals surface area contributed by atoms with Crippen molar-refractivity contribution >= 4 is 23.8 Å². The first kappa shape index (κ1) is 14.5. The Morgan fingerprint density at radius 3 is 2.79 bits per heavy atom. The number of hydrogen-bond donors (Lipinski definition) is 1. The van der Waals surface area contributed by atoms with Crippen molar-refractivity contribution in [3.63, 3.8) is 0 Å². The fraction of sp³-hybridized carbons (Fsp3) is 0.833. The van der Waals surface area contributed by atoms with Gasteiger partial charge in [-0.1, -0.05) is 6.92 Å². The zero-order valence-electron chi connectivity index (χ0n) is 11.2. The van der Waals surface area contributed by atoms with Gasteiger partial charge in [0.25, 0.3) is 0 Å². The summed E-state index contributed by atoms with van der Waals surface area (Å²) in [6, 6.07) is -0.455. The van der Waals surface area contributed by atoms with Crippen LogP contribution in [-0.4, -0.2) is 77.3 Å². The summed E-state index contributed by atoms with van der Waals surface area (Å²) in [5, 5.41) is 9.56. The number of hydrogen-bond acceptors (Lipinski definition) is 4. The van der Waals surface area contributed by atoms with Crippen molar-refractivity contribution in [1.82, 2.24) is 9.80 Å². The maximum Gasteiger partial charge on any atom is 0.320 e. The van der Waals surface area contributed by atoms with Gasteiger partial charge in [0.2, 0.25) is 0 Å². The average molecular weight is 288 g/mol. The van der Waals surface area contributed by atoms with Crippen LogP contribution in [-0.2, 0) is 9.53 Å². The maximum absolute atomic E-state index is 12.4. The maximum atomic E-state index is 12.4. The predicted octanol–water partition coefficient (Wildman–Crippen LogP) is 0.575. The number of likely N-dealkylation sites (N-methyl/N-ethyl adjacent to an activating group) is 1. The number of rotatable bonds is 2. The summed E-state index contributed by atoms with van der Waals surface area (Å²) in [6.07, 6.45) is 0. The molecule has 1 N–H and O–H groups in total. The summed E-state index contributed by atoms with van der Waals surface area (Å²) in [5.74, 6) is -0.583. The molecular formula is C12H20N2O4S. The molecule has 2 aliphatic rings. The predicted molar refractivity (Wildman–Crippen MR) is 72.4 cm³/mol. The van der Waals surface area contributed by atoms with Crippen molar-refractivity contribution < 1.29 is 19.4 Å². The summed E-state index contributed by atoms with van der Waals surface area (Å²) in [4.78, 5) is 26.9. The van der Waals surface area contributed by atoms with E-state index in [1.807, 2.05) is 11.8 Å². The van der Waals surface area contributed by atoms with Gasteiger partial charge in [0.15, 0.2) is 0 Å². The number of carbonyl (C=O) groups excluding carboxylic acids is 1. The summed E-state index contributed by atoms with van der Waals surface area (Å²) >= 11 is 1.86. The number of carbonyl (C=O) groups is 2. The number of carboxylic acid groups (broad SMARTS) is 1. The van der Waals surface area contributed by atoms with E-state index in [-0.39, 0.29) is 18.7 Å². The third kappa shape index (κ3) is 3.14. The van der Waals surface area contributed by atoms with Crippen LogP contribution in [0.25, 0.3) is 0 Å². The van der Waals surface area contributed by atoms with Gasteiger partial charge < -0.3 is 19.6 Å². The van der Waals surface area contributed by atoms with E-state index in [1.165, 1.54) is 4.90 Å². The van der Waals surface area contributed by atoms with Crippen LogP contribution in [0.2, 0.25) is 0 Å². The topological polar surface area (TPSA) is 70.1 Å². The number of carboxylic acids is 1. The lowest BCUT2D eigenvalue weighted by atomic mass is 10.0. The molecule has 3 atom stereocenters. The molecule has 0 radical (unpaired) electrons. The molecule has 108 valence electrons. The fourth-order valence-electron chi connectivity index (χ4n) is 2.52. The molecule has 6 nitrogen and oxygen atoms in total. The van der Waals surface area contributed by atoms with Gasteiger partial charge in [-0.3, -0.25) is 4.79 Å². The number of amides is 2. The van der Waals surface area contributed by atoms with Gasteiger partial charge in [-0.2, -0.15) is 11.8 Å². The Kier molecular flexibility index (Phi) is 4.57. The molecule has 2 saturated heterocycles. The molecule has 3 unspecified atom stereocenters. The van der Waals surface area contributed by atoms with Gasteiger partial charge in [0.05, 0.1) is 19.3 Å². The molecule has 0 saturated carbocycles. The van der Waals surface area contributed by atoms with Crippen LogP contribution in [0.15, 0.2) is 0 Å². The first-order valence-corrected chi connectivity index (χ1v) is 7.49. The van der Waals surface area contributed by atoms with Crippen LogP contribution >= 0.6 is 11.8 Å². The van der Waals surface area contributed by atoms with Crippen LogP contribution in [0.3, 0.4) is 0 Å². The van der Waals surface area contributed by atoms with Gasteiger partial charge in [0, 0.05) is 31.1 Å². The minimum Gasteiger partial charge on any atom is -0.481 e. The number of aliphatic carboxylic acids is 1. The van der Waals surface area contributed by atoms with Crippen molar-refractivity contribution in [3.05, 3.63) is 0 Å². The highest BCUT2D eigenvalue weighted by atomic mass is 32.2. The SMILES string of the molecule is CC1CN(C(=O)N(C)C2COCC2C(=O)O)CCS1. The lowest BCUT2D eigenvalue weighted by molar-refractivity contribution is -0.142. The highest BCUT2D eigenvalue weighted by Gasteiger charge is 2.39. The average Bonchev–Trinajstić information content (AvgIpc) is 2.86. The van der Waals surface area contributed by atoms with Crippen molar-refractivity contribution in [3.8, 4) is 0 Å². The Morgan fingerprint density at radius 1 is 1.42 bits per heavy atom. The van der Waals surface area contributed by atoms with E-state index in [2.05, 4.69) is 6.92 Å². The molecule has 2 rings (SSSR count). The third-order valence-corrected chi connectivity index (χ3v) is 4.81. The third-order valence-electron chi connectivity index (χ3n) is 3.68. The lowest BCUT2D eigenvalue weighted by Crippen LogP contribution is -2.52. The second kappa shape index (κ2) is 6.00. The minimum absolute atomic E-state index is 0.0890. The minimum atomic E-state index is -0.898. The molecule has 2 heterocycles. The molecule has 19 heavy (non-hydrogen) atoms. The fourth-order valence-corrected chi connectivity index (χ4v) is 3.53. The molecule has 0 aromatic carbocycles. The molecule has 0 aromatic rings. The monoisotopic (exact) mass is 288 g/mol. The largest absolute Gasteiger partial charge is 0.481 e. The van der Waals surface area contributed by atoms with Gasteiger partial charge in [-0.25, -0.2) is 4.79 Å². The van der Waals surface area contributed by atoms with E-state index >= 15 is 0 Å². The van der Waals surface area contributed by atoms with Gasteiger partial charge >= 0.3 is 12.0 Å². The molecule has 2 amide bonds. The van der Waals surface area contributed by atoms with Gasteiger partial charge in [-0.05, 0) is 0 Å². The second-order valence-electron chi connectivity index (χ2n) is 5.07. The molecule has 0 spiro atoms. The van der Waals surface area contributed by atoms with E-state index in [1.54, 1.807) is 11.9 Å². The van der Waals surface area contributed by atoms with E-state index < -0.39 is 11.9 Å². The summed E-state index contributed by atoms with van der Waals surface area (Å²) in [5.41, 5.74) is 0. The Hall–Kier alpha value is -0.950. The normalized spacial score (nSPS) is 31.3. The van der Waals surface area contributed by atoms with Crippen LogP contribution in [0.4, 0.5) is 4.79 Å². The zero-order valence-corrected chi connectivity index (χ0v) is 12.1. The van der Waals surface area contributed by atoms with Crippen molar-refractivity contribution in [1.29, 1.82) is 0 Å². The first-order chi connectivity index (χ1) is 9.00. The van der Waals surface area contributed by atoms with E-state index in [4.69, 9.17) is 9.84 Å². The smallest absolute Gasteiger partial charge is 0.320 e. The quantitative estimate of drug-likeness (QED) is 0.804. The van der Waals surface area contributed by atoms with E-state index in [0.29, 0.717) is 11.9 Å². The molecule has 7 heteroatoms. The second-order valence-corrected chi connectivity index (χ2v) is 6.62. The number of ether oxygens (including phenoxy) is 1. The van der Waals surface area contributed by atoms with E-state index in [9.17, 15) is 9.59 Å². The van der Waals surface area contributed by atoms with Crippen LogP contribution in [0.5, 0.6) is 0 Å². The Balaban J connectivity index is 2.00. The lowest BCUT2D eigenvalue weighted by Gasteiger charge is -2.36. The summed E-state index contributed by atoms with van der Waals surface area (Å²) in [7, 11) is 1.67. The molecule has 0 aliphatic carbocycles. The van der Waals surface area contributed by atoms with Crippen molar-refractivity contribution in [2.75, 3.05) is 39.1 Å². The number of nitrogens with zero attached hydrogens (tertiary/aromatic N) is 2. The first-order valence-electron chi connectivity index (χ1n) is 6.44. The van der Waals surface area contributed by atoms with Gasteiger partial charge in [-0.15, -0.1) is 0 Å². The molecule has 0 aromatic heterocycles. The Morgan fingerprint density at radius 2 is 2.16 bits per heavy atom. The standard InChI is InChI=1S/C12H20N2O4S/c1-8-5-14(3-4-19-8)12(17)13(2)10-7-18-6-9(10)11(15)16/h8-10H,3-7H2,1-2H3,(H,15,16). The molecule has 2 aliphatic heterocycles.